The van der Waals surface area contributed by atoms with Crippen LogP contribution in [0.4, 0.5) is 0 Å². The van der Waals surface area contributed by atoms with Gasteiger partial charge in [0.2, 0.25) is 5.91 Å². The molecule has 0 aliphatic heterocycles. The van der Waals surface area contributed by atoms with Gasteiger partial charge in [-0.2, -0.15) is 0 Å². The van der Waals surface area contributed by atoms with Gasteiger partial charge in [0.15, 0.2) is 0 Å². The van der Waals surface area contributed by atoms with E-state index < -0.39 is 6.04 Å². The number of carbonyl (C=O) groups excluding carboxylic acids is 1. The Kier molecular flexibility index (Phi) is 5.99. The van der Waals surface area contributed by atoms with E-state index in [9.17, 15) is 4.79 Å². The van der Waals surface area contributed by atoms with Crippen LogP contribution in [0.3, 0.4) is 0 Å². The lowest BCUT2D eigenvalue weighted by molar-refractivity contribution is -0.122. The smallest absolute Gasteiger partial charge is 0.241 e. The molecule has 0 aliphatic rings. The Morgan fingerprint density at radius 1 is 1.26 bits per heavy atom. The first-order valence-electron chi connectivity index (χ1n) is 6.68. The van der Waals surface area contributed by atoms with E-state index in [0.717, 1.165) is 5.56 Å². The molecule has 2 atom stereocenters. The Balaban J connectivity index is 2.56. The van der Waals surface area contributed by atoms with Crippen LogP contribution in [0.15, 0.2) is 30.3 Å². The molecule has 2 unspecified atom stereocenters. The maximum absolute atomic E-state index is 12.0. The van der Waals surface area contributed by atoms with Crippen molar-refractivity contribution in [3.05, 3.63) is 35.9 Å². The van der Waals surface area contributed by atoms with Gasteiger partial charge in [-0.1, -0.05) is 44.2 Å². The minimum atomic E-state index is -0.601. The molecule has 1 amide bonds. The monoisotopic (exact) mass is 263 g/mol. The molecule has 0 radical (unpaired) electrons. The number of nitrogens with two attached hydrogens (primary N) is 1. The Hall–Kier alpha value is -1.39. The number of benzene rings is 1. The van der Waals surface area contributed by atoms with Crippen LogP contribution >= 0.6 is 0 Å². The van der Waals surface area contributed by atoms with E-state index >= 15 is 0 Å². The first kappa shape index (κ1) is 15.7. The van der Waals surface area contributed by atoms with Crippen molar-refractivity contribution in [2.75, 3.05) is 20.6 Å². The second kappa shape index (κ2) is 7.26. The molecule has 4 heteroatoms. The average molecular weight is 263 g/mol. The maximum Gasteiger partial charge on any atom is 0.241 e. The molecule has 0 spiro atoms. The summed E-state index contributed by atoms with van der Waals surface area (Å²) >= 11 is 0. The molecule has 1 rings (SSSR count). The molecule has 0 saturated carbocycles. The molecule has 0 aliphatic carbocycles. The molecule has 4 nitrogen and oxygen atoms in total. The quantitative estimate of drug-likeness (QED) is 0.815. The summed E-state index contributed by atoms with van der Waals surface area (Å²) in [5.74, 6) is 0.349. The van der Waals surface area contributed by atoms with Crippen LogP contribution in [0.5, 0.6) is 0 Å². The first-order valence-corrected chi connectivity index (χ1v) is 6.68. The number of hydrogen-bond acceptors (Lipinski definition) is 3. The average Bonchev–Trinajstić information content (AvgIpc) is 2.38. The van der Waals surface area contributed by atoms with Crippen LogP contribution in [-0.4, -0.2) is 37.5 Å². The van der Waals surface area contributed by atoms with Crippen molar-refractivity contribution in [3.63, 3.8) is 0 Å². The lowest BCUT2D eigenvalue weighted by atomic mass is 10.0. The van der Waals surface area contributed by atoms with E-state index in [1.165, 1.54) is 0 Å². The van der Waals surface area contributed by atoms with Crippen LogP contribution in [0, 0.1) is 5.92 Å². The van der Waals surface area contributed by atoms with Gasteiger partial charge in [-0.25, -0.2) is 0 Å². The maximum atomic E-state index is 12.0. The van der Waals surface area contributed by atoms with Crippen molar-refractivity contribution in [3.8, 4) is 0 Å². The third-order valence-corrected chi connectivity index (χ3v) is 3.36. The standard InChI is InChI=1S/C15H25N3O/c1-11(2)13(18(3)4)10-17-15(19)14(16)12-8-6-5-7-9-12/h5-9,11,13-14H,10,16H2,1-4H3,(H,17,19). The fourth-order valence-electron chi connectivity index (χ4n) is 2.14. The van der Waals surface area contributed by atoms with E-state index in [-0.39, 0.29) is 5.91 Å². The minimum absolute atomic E-state index is 0.126. The Bertz CT molecular complexity index is 382. The van der Waals surface area contributed by atoms with Gasteiger partial charge < -0.3 is 16.0 Å². The van der Waals surface area contributed by atoms with E-state index in [0.29, 0.717) is 18.5 Å². The number of rotatable bonds is 6. The van der Waals surface area contributed by atoms with Crippen LogP contribution in [0.25, 0.3) is 0 Å². The zero-order chi connectivity index (χ0) is 14.4. The van der Waals surface area contributed by atoms with Gasteiger partial charge in [-0.05, 0) is 25.6 Å². The third-order valence-electron chi connectivity index (χ3n) is 3.36. The number of carbonyl (C=O) groups is 1. The molecule has 19 heavy (non-hydrogen) atoms. The van der Waals surface area contributed by atoms with Crippen LogP contribution in [0.2, 0.25) is 0 Å². The molecule has 1 aromatic carbocycles. The highest BCUT2D eigenvalue weighted by Crippen LogP contribution is 2.10. The van der Waals surface area contributed by atoms with Crippen molar-refractivity contribution in [2.45, 2.75) is 25.9 Å². The fourth-order valence-corrected chi connectivity index (χ4v) is 2.14. The second-order valence-electron chi connectivity index (χ2n) is 5.41. The predicted octanol–water partition coefficient (Wildman–Crippen LogP) is 1.39. The molecule has 3 N–H and O–H groups in total. The van der Waals surface area contributed by atoms with Gasteiger partial charge in [0.25, 0.3) is 0 Å². The predicted molar refractivity (Wildman–Crippen MR) is 78.7 cm³/mol. The van der Waals surface area contributed by atoms with E-state index in [4.69, 9.17) is 5.73 Å². The van der Waals surface area contributed by atoms with Crippen LogP contribution < -0.4 is 11.1 Å². The number of nitrogens with one attached hydrogen (secondary N) is 1. The zero-order valence-corrected chi connectivity index (χ0v) is 12.3. The highest BCUT2D eigenvalue weighted by atomic mass is 16.2. The topological polar surface area (TPSA) is 58.4 Å². The molecule has 0 heterocycles. The van der Waals surface area contributed by atoms with Crippen molar-refractivity contribution < 1.29 is 4.79 Å². The van der Waals surface area contributed by atoms with Gasteiger partial charge in [0, 0.05) is 12.6 Å². The van der Waals surface area contributed by atoms with E-state index in [1.807, 2.05) is 44.4 Å². The minimum Gasteiger partial charge on any atom is -0.353 e. The zero-order valence-electron chi connectivity index (χ0n) is 12.3. The third kappa shape index (κ3) is 4.65. The number of nitrogens with zero attached hydrogens (tertiary/aromatic N) is 1. The van der Waals surface area contributed by atoms with Gasteiger partial charge in [0.1, 0.15) is 6.04 Å². The summed E-state index contributed by atoms with van der Waals surface area (Å²) in [6, 6.07) is 9.14. The largest absolute Gasteiger partial charge is 0.353 e. The molecule has 0 aromatic heterocycles. The molecule has 0 saturated heterocycles. The summed E-state index contributed by atoms with van der Waals surface area (Å²) < 4.78 is 0. The van der Waals surface area contributed by atoms with E-state index in [2.05, 4.69) is 24.1 Å². The Labute approximate surface area is 116 Å². The van der Waals surface area contributed by atoms with Crippen LogP contribution in [-0.2, 0) is 4.79 Å². The number of amides is 1. The molecular weight excluding hydrogens is 238 g/mol. The number of likely N-dealkylation sites (N-methyl/N-ethyl adjacent to an activating group) is 1. The van der Waals surface area contributed by atoms with Gasteiger partial charge >= 0.3 is 0 Å². The summed E-state index contributed by atoms with van der Waals surface area (Å²) in [7, 11) is 4.04. The Morgan fingerprint density at radius 3 is 2.32 bits per heavy atom. The molecule has 0 fully saturated rings. The van der Waals surface area contributed by atoms with Crippen molar-refractivity contribution >= 4 is 5.91 Å². The summed E-state index contributed by atoms with van der Waals surface area (Å²) in [6.45, 7) is 4.91. The van der Waals surface area contributed by atoms with Crippen molar-refractivity contribution in [2.24, 2.45) is 11.7 Å². The SMILES string of the molecule is CC(C)C(CNC(=O)C(N)c1ccccc1)N(C)C. The van der Waals surface area contributed by atoms with Gasteiger partial charge in [-0.15, -0.1) is 0 Å². The summed E-state index contributed by atoms with van der Waals surface area (Å²) in [4.78, 5) is 14.2. The summed E-state index contributed by atoms with van der Waals surface area (Å²) in [5, 5.41) is 2.94. The molecular formula is C15H25N3O. The lowest BCUT2D eigenvalue weighted by Gasteiger charge is -2.28. The molecule has 0 bridgehead atoms. The Morgan fingerprint density at radius 2 is 1.84 bits per heavy atom. The number of hydrogen-bond donors (Lipinski definition) is 2. The van der Waals surface area contributed by atoms with Gasteiger partial charge in [-0.3, -0.25) is 4.79 Å². The highest BCUT2D eigenvalue weighted by molar-refractivity contribution is 5.82. The van der Waals surface area contributed by atoms with Crippen molar-refractivity contribution in [1.29, 1.82) is 0 Å². The second-order valence-corrected chi connectivity index (χ2v) is 5.41. The first-order chi connectivity index (χ1) is 8.93. The summed E-state index contributed by atoms with van der Waals surface area (Å²) in [6.07, 6.45) is 0. The van der Waals surface area contributed by atoms with Crippen LogP contribution in [0.1, 0.15) is 25.5 Å². The van der Waals surface area contributed by atoms with Crippen molar-refractivity contribution in [1.82, 2.24) is 10.2 Å². The molecule has 106 valence electrons. The molecule has 1 aromatic rings. The normalized spacial score (nSPS) is 14.5. The van der Waals surface area contributed by atoms with Gasteiger partial charge in [0.05, 0.1) is 0 Å². The summed E-state index contributed by atoms with van der Waals surface area (Å²) in [5.41, 5.74) is 6.79. The highest BCUT2D eigenvalue weighted by Gasteiger charge is 2.19. The fraction of sp³-hybridized carbons (Fsp3) is 0.533. The lowest BCUT2D eigenvalue weighted by Crippen LogP contribution is -2.45. The van der Waals surface area contributed by atoms with E-state index in [1.54, 1.807) is 0 Å².